The van der Waals surface area contributed by atoms with Crippen molar-refractivity contribution in [2.75, 3.05) is 13.1 Å². The monoisotopic (exact) mass is 195 g/mol. The summed E-state index contributed by atoms with van der Waals surface area (Å²) in [5.41, 5.74) is 2.04. The van der Waals surface area contributed by atoms with E-state index in [0.29, 0.717) is 5.92 Å². The molecule has 4 nitrogen and oxygen atoms in total. The van der Waals surface area contributed by atoms with Crippen molar-refractivity contribution in [1.29, 1.82) is 0 Å². The lowest BCUT2D eigenvalue weighted by Crippen LogP contribution is -2.26. The smallest absolute Gasteiger partial charge is 0.0849 e. The van der Waals surface area contributed by atoms with Crippen molar-refractivity contribution < 1.29 is 5.11 Å². The van der Waals surface area contributed by atoms with Crippen LogP contribution in [0.25, 0.3) is 0 Å². The van der Waals surface area contributed by atoms with Crippen LogP contribution in [-0.2, 0) is 13.7 Å². The van der Waals surface area contributed by atoms with Crippen LogP contribution < -0.4 is 5.32 Å². The Morgan fingerprint density at radius 2 is 2.29 bits per heavy atom. The number of aliphatic hydroxyl groups excluding tert-OH is 1. The summed E-state index contributed by atoms with van der Waals surface area (Å²) in [5.74, 6) is 0.572. The van der Waals surface area contributed by atoms with Crippen LogP contribution in [0, 0.1) is 0 Å². The van der Waals surface area contributed by atoms with E-state index in [9.17, 15) is 0 Å². The second-order valence-electron chi connectivity index (χ2n) is 3.87. The fourth-order valence-electron chi connectivity index (χ4n) is 2.00. The summed E-state index contributed by atoms with van der Waals surface area (Å²) >= 11 is 0. The van der Waals surface area contributed by atoms with Crippen LogP contribution in [0.2, 0.25) is 0 Å². The molecule has 1 aliphatic rings. The highest BCUT2D eigenvalue weighted by Gasteiger charge is 2.18. The highest BCUT2D eigenvalue weighted by molar-refractivity contribution is 5.14. The van der Waals surface area contributed by atoms with Crippen LogP contribution >= 0.6 is 0 Å². The van der Waals surface area contributed by atoms with Crippen LogP contribution in [0.3, 0.4) is 0 Å². The second-order valence-corrected chi connectivity index (χ2v) is 3.87. The Labute approximate surface area is 83.9 Å². The van der Waals surface area contributed by atoms with Crippen molar-refractivity contribution >= 4 is 0 Å². The van der Waals surface area contributed by atoms with E-state index >= 15 is 0 Å². The molecule has 0 radical (unpaired) electrons. The van der Waals surface area contributed by atoms with Gasteiger partial charge in [0.05, 0.1) is 18.0 Å². The van der Waals surface area contributed by atoms with E-state index in [-0.39, 0.29) is 6.61 Å². The van der Waals surface area contributed by atoms with Crippen LogP contribution in [-0.4, -0.2) is 28.0 Å². The Balaban J connectivity index is 2.14. The average Bonchev–Trinajstić information content (AvgIpc) is 2.61. The maximum Gasteiger partial charge on any atom is 0.0849 e. The van der Waals surface area contributed by atoms with Gasteiger partial charge < -0.3 is 10.4 Å². The third kappa shape index (κ3) is 1.81. The minimum absolute atomic E-state index is 0.0778. The molecule has 0 aromatic carbocycles. The minimum Gasteiger partial charge on any atom is -0.390 e. The molecule has 0 spiro atoms. The molecule has 1 aromatic heterocycles. The van der Waals surface area contributed by atoms with Crippen molar-refractivity contribution in [2.45, 2.75) is 25.4 Å². The molecule has 14 heavy (non-hydrogen) atoms. The normalized spacial score (nSPS) is 18.7. The van der Waals surface area contributed by atoms with E-state index in [1.807, 2.05) is 13.1 Å². The van der Waals surface area contributed by atoms with Gasteiger partial charge in [0.25, 0.3) is 0 Å². The summed E-state index contributed by atoms with van der Waals surface area (Å²) in [7, 11) is 1.89. The SMILES string of the molecule is Cn1nc(C2CCNCC2)cc1CO. The number of aliphatic hydroxyl groups is 1. The molecule has 2 N–H and O–H groups in total. The molecule has 4 heteroatoms. The van der Waals surface area contributed by atoms with Crippen LogP contribution in [0.15, 0.2) is 6.07 Å². The fourth-order valence-corrected chi connectivity index (χ4v) is 2.00. The molecule has 0 bridgehead atoms. The topological polar surface area (TPSA) is 50.1 Å². The molecule has 1 saturated heterocycles. The lowest BCUT2D eigenvalue weighted by atomic mass is 9.95. The van der Waals surface area contributed by atoms with Crippen molar-refractivity contribution in [2.24, 2.45) is 7.05 Å². The Bertz CT molecular complexity index is 302. The van der Waals surface area contributed by atoms with E-state index in [4.69, 9.17) is 5.11 Å². The van der Waals surface area contributed by atoms with Crippen molar-refractivity contribution in [3.8, 4) is 0 Å². The summed E-state index contributed by atoms with van der Waals surface area (Å²) < 4.78 is 1.78. The molecule has 0 amide bonds. The van der Waals surface area contributed by atoms with Crippen LogP contribution in [0.5, 0.6) is 0 Å². The summed E-state index contributed by atoms with van der Waals surface area (Å²) in [6.45, 7) is 2.24. The van der Waals surface area contributed by atoms with Gasteiger partial charge in [-0.15, -0.1) is 0 Å². The zero-order valence-corrected chi connectivity index (χ0v) is 8.53. The standard InChI is InChI=1S/C10H17N3O/c1-13-9(7-14)6-10(12-13)8-2-4-11-5-3-8/h6,8,11,14H,2-5,7H2,1H3. The predicted octanol–water partition coefficient (Wildman–Crippen LogP) is 0.379. The molecule has 1 aromatic rings. The first-order valence-electron chi connectivity index (χ1n) is 5.15. The lowest BCUT2D eigenvalue weighted by molar-refractivity contribution is 0.270. The molecule has 1 aliphatic heterocycles. The van der Waals surface area contributed by atoms with Gasteiger partial charge >= 0.3 is 0 Å². The van der Waals surface area contributed by atoms with E-state index in [1.54, 1.807) is 4.68 Å². The predicted molar refractivity (Wildman–Crippen MR) is 54.0 cm³/mol. The number of rotatable bonds is 2. The molecule has 2 rings (SSSR count). The van der Waals surface area contributed by atoms with Gasteiger partial charge in [-0.05, 0) is 32.0 Å². The van der Waals surface area contributed by atoms with Gasteiger partial charge in [-0.2, -0.15) is 5.10 Å². The molecule has 0 saturated carbocycles. The maximum absolute atomic E-state index is 9.06. The van der Waals surface area contributed by atoms with Gasteiger partial charge in [-0.3, -0.25) is 4.68 Å². The molecule has 0 atom stereocenters. The molecule has 1 fully saturated rings. The molecule has 78 valence electrons. The molecule has 2 heterocycles. The number of nitrogens with one attached hydrogen (secondary N) is 1. The first-order chi connectivity index (χ1) is 6.81. The highest BCUT2D eigenvalue weighted by atomic mass is 16.3. The van der Waals surface area contributed by atoms with E-state index in [0.717, 1.165) is 37.3 Å². The fraction of sp³-hybridized carbons (Fsp3) is 0.700. The zero-order chi connectivity index (χ0) is 9.97. The van der Waals surface area contributed by atoms with Crippen LogP contribution in [0.1, 0.15) is 30.1 Å². The van der Waals surface area contributed by atoms with E-state index in [1.165, 1.54) is 0 Å². The zero-order valence-electron chi connectivity index (χ0n) is 8.53. The molecular weight excluding hydrogens is 178 g/mol. The number of aryl methyl sites for hydroxylation is 1. The first-order valence-corrected chi connectivity index (χ1v) is 5.15. The summed E-state index contributed by atoms with van der Waals surface area (Å²) in [6, 6.07) is 2.02. The quantitative estimate of drug-likeness (QED) is 0.717. The third-order valence-corrected chi connectivity index (χ3v) is 2.92. The Hall–Kier alpha value is -0.870. The number of aromatic nitrogens is 2. The molecular formula is C10H17N3O. The number of nitrogens with zero attached hydrogens (tertiary/aromatic N) is 2. The summed E-state index contributed by atoms with van der Waals surface area (Å²) in [5, 5.41) is 16.8. The van der Waals surface area contributed by atoms with Gasteiger partial charge in [-0.1, -0.05) is 0 Å². The maximum atomic E-state index is 9.06. The lowest BCUT2D eigenvalue weighted by Gasteiger charge is -2.20. The van der Waals surface area contributed by atoms with Gasteiger partial charge in [0.1, 0.15) is 0 Å². The largest absolute Gasteiger partial charge is 0.390 e. The Morgan fingerprint density at radius 1 is 1.57 bits per heavy atom. The highest BCUT2D eigenvalue weighted by Crippen LogP contribution is 2.24. The second kappa shape index (κ2) is 4.11. The van der Waals surface area contributed by atoms with Gasteiger partial charge in [0.2, 0.25) is 0 Å². The Morgan fingerprint density at radius 3 is 2.86 bits per heavy atom. The summed E-state index contributed by atoms with van der Waals surface area (Å²) in [4.78, 5) is 0. The van der Waals surface area contributed by atoms with Crippen molar-refractivity contribution in [3.05, 3.63) is 17.5 Å². The average molecular weight is 195 g/mol. The van der Waals surface area contributed by atoms with E-state index < -0.39 is 0 Å². The molecule has 0 aliphatic carbocycles. The van der Waals surface area contributed by atoms with Gasteiger partial charge in [0.15, 0.2) is 0 Å². The molecule has 0 unspecified atom stereocenters. The van der Waals surface area contributed by atoms with Gasteiger partial charge in [-0.25, -0.2) is 0 Å². The van der Waals surface area contributed by atoms with E-state index in [2.05, 4.69) is 10.4 Å². The third-order valence-electron chi connectivity index (χ3n) is 2.92. The summed E-state index contributed by atoms with van der Waals surface area (Å²) in [6.07, 6.45) is 2.31. The van der Waals surface area contributed by atoms with Crippen molar-refractivity contribution in [3.63, 3.8) is 0 Å². The van der Waals surface area contributed by atoms with Crippen molar-refractivity contribution in [1.82, 2.24) is 15.1 Å². The Kier molecular flexibility index (Phi) is 2.84. The number of hydrogen-bond acceptors (Lipinski definition) is 3. The first kappa shape index (κ1) is 9.68. The van der Waals surface area contributed by atoms with Crippen LogP contribution in [0.4, 0.5) is 0 Å². The number of piperidine rings is 1. The number of hydrogen-bond donors (Lipinski definition) is 2. The minimum atomic E-state index is 0.0778. The van der Waals surface area contributed by atoms with Gasteiger partial charge in [0, 0.05) is 13.0 Å².